The number of hydrogen-bond acceptors (Lipinski definition) is 5. The predicted octanol–water partition coefficient (Wildman–Crippen LogP) is 5.67. The van der Waals surface area contributed by atoms with E-state index in [2.05, 4.69) is 44.2 Å². The topological polar surface area (TPSA) is 43.4 Å². The molecule has 5 heteroatoms. The first-order valence-corrected chi connectivity index (χ1v) is 10.7. The van der Waals surface area contributed by atoms with Crippen molar-refractivity contribution in [3.05, 3.63) is 59.7 Å². The van der Waals surface area contributed by atoms with E-state index in [4.69, 9.17) is 4.74 Å². The summed E-state index contributed by atoms with van der Waals surface area (Å²) in [5.41, 5.74) is 2.49. The molecule has 0 N–H and O–H groups in total. The number of esters is 1. The molecule has 2 aromatic carbocycles. The molecule has 0 aliphatic rings. The molecule has 0 heterocycles. The molecule has 0 amide bonds. The molecule has 27 heavy (non-hydrogen) atoms. The molecule has 2 rings (SSSR count). The van der Waals surface area contributed by atoms with Gasteiger partial charge in [0.2, 0.25) is 0 Å². The maximum Gasteiger partial charge on any atom is 0.316 e. The molecule has 2 aromatic rings. The number of rotatable bonds is 9. The zero-order valence-corrected chi connectivity index (χ0v) is 17.9. The van der Waals surface area contributed by atoms with Crippen LogP contribution in [0.4, 0.5) is 0 Å². The molecule has 0 aliphatic carbocycles. The van der Waals surface area contributed by atoms with Crippen LogP contribution in [0.3, 0.4) is 0 Å². The first-order chi connectivity index (χ1) is 12.9. The van der Waals surface area contributed by atoms with Gasteiger partial charge in [-0.05, 0) is 57.4 Å². The van der Waals surface area contributed by atoms with Gasteiger partial charge >= 0.3 is 5.97 Å². The molecule has 0 saturated carbocycles. The summed E-state index contributed by atoms with van der Waals surface area (Å²) >= 11 is 3.56. The third-order valence-corrected chi connectivity index (χ3v) is 7.10. The summed E-state index contributed by atoms with van der Waals surface area (Å²) in [6.07, 6.45) is 1.22. The van der Waals surface area contributed by atoms with E-state index >= 15 is 0 Å². The summed E-state index contributed by atoms with van der Waals surface area (Å²) in [6, 6.07) is 16.7. The van der Waals surface area contributed by atoms with Crippen molar-refractivity contribution in [1.82, 2.24) is 0 Å². The molecule has 0 saturated heterocycles. The van der Waals surface area contributed by atoms with Gasteiger partial charge in [-0.1, -0.05) is 35.9 Å². The summed E-state index contributed by atoms with van der Waals surface area (Å²) < 4.78 is 5.00. The second kappa shape index (κ2) is 10.6. The van der Waals surface area contributed by atoms with E-state index in [-0.39, 0.29) is 10.4 Å². The summed E-state index contributed by atoms with van der Waals surface area (Å²) in [7, 11) is 1.33. The highest BCUT2D eigenvalue weighted by Crippen LogP contribution is 2.40. The molecular weight excluding hydrogens is 376 g/mol. The van der Waals surface area contributed by atoms with Crippen LogP contribution in [-0.2, 0) is 14.3 Å². The summed E-state index contributed by atoms with van der Waals surface area (Å²) in [4.78, 5) is 26.2. The Hall–Kier alpha value is -1.72. The molecule has 2 atom stereocenters. The quantitative estimate of drug-likeness (QED) is 0.234. The van der Waals surface area contributed by atoms with Crippen LogP contribution >= 0.6 is 23.5 Å². The van der Waals surface area contributed by atoms with Gasteiger partial charge in [0.15, 0.2) is 0 Å². The Balaban J connectivity index is 2.15. The predicted molar refractivity (Wildman–Crippen MR) is 113 cm³/mol. The number of aryl methyl sites for hydroxylation is 2. The van der Waals surface area contributed by atoms with Gasteiger partial charge in [-0.2, -0.15) is 0 Å². The lowest BCUT2D eigenvalue weighted by Crippen LogP contribution is -2.24. The largest absolute Gasteiger partial charge is 0.468 e. The molecule has 0 spiro atoms. The van der Waals surface area contributed by atoms with Crippen LogP contribution in [0.25, 0.3) is 0 Å². The third-order valence-electron chi connectivity index (χ3n) is 4.27. The standard InChI is InChI=1S/C22H26O3S2/c1-15-10-12-20(16(2)14-15)27-21(26-18-8-6-5-7-9-18)13-11-19(17(3)23)22(24)25-4/h5-10,12,14,19,21H,11,13H2,1-4H3. The Morgan fingerprint density at radius 3 is 2.30 bits per heavy atom. The van der Waals surface area contributed by atoms with Gasteiger partial charge < -0.3 is 4.74 Å². The molecular formula is C22H26O3S2. The van der Waals surface area contributed by atoms with Gasteiger partial charge in [0, 0.05) is 9.79 Å². The van der Waals surface area contributed by atoms with Gasteiger partial charge in [-0.3, -0.25) is 9.59 Å². The number of ketones is 1. The number of Topliss-reactive ketones (excluding diaryl/α,β-unsaturated/α-hetero) is 1. The minimum absolute atomic E-state index is 0.137. The fourth-order valence-electron chi connectivity index (χ4n) is 2.80. The fourth-order valence-corrected chi connectivity index (χ4v) is 5.44. The van der Waals surface area contributed by atoms with E-state index in [0.717, 1.165) is 6.42 Å². The van der Waals surface area contributed by atoms with Gasteiger partial charge in [0.1, 0.15) is 11.7 Å². The molecule has 0 aliphatic heterocycles. The van der Waals surface area contributed by atoms with Crippen LogP contribution in [0.2, 0.25) is 0 Å². The van der Waals surface area contributed by atoms with Crippen molar-refractivity contribution in [1.29, 1.82) is 0 Å². The Labute approximate surface area is 170 Å². The van der Waals surface area contributed by atoms with Crippen molar-refractivity contribution in [2.24, 2.45) is 5.92 Å². The van der Waals surface area contributed by atoms with Gasteiger partial charge in [0.25, 0.3) is 0 Å². The van der Waals surface area contributed by atoms with Crippen molar-refractivity contribution < 1.29 is 14.3 Å². The van der Waals surface area contributed by atoms with E-state index in [1.54, 1.807) is 23.5 Å². The van der Waals surface area contributed by atoms with E-state index in [1.165, 1.54) is 35.0 Å². The van der Waals surface area contributed by atoms with Crippen molar-refractivity contribution in [3.8, 4) is 0 Å². The van der Waals surface area contributed by atoms with Crippen LogP contribution in [-0.4, -0.2) is 23.4 Å². The lowest BCUT2D eigenvalue weighted by atomic mass is 10.00. The first kappa shape index (κ1) is 21.6. The number of carbonyl (C=O) groups excluding carboxylic acids is 2. The number of methoxy groups -OCH3 is 1. The normalized spacial score (nSPS) is 13.0. The molecule has 3 nitrogen and oxygen atoms in total. The number of hydrogen-bond donors (Lipinski definition) is 0. The maximum atomic E-state index is 11.9. The van der Waals surface area contributed by atoms with Gasteiger partial charge in [0.05, 0.1) is 11.7 Å². The van der Waals surface area contributed by atoms with Crippen LogP contribution < -0.4 is 0 Å². The molecule has 2 unspecified atom stereocenters. The molecule has 0 aromatic heterocycles. The highest BCUT2D eigenvalue weighted by molar-refractivity contribution is 8.17. The van der Waals surface area contributed by atoms with E-state index in [0.29, 0.717) is 6.42 Å². The molecule has 144 valence electrons. The fraction of sp³-hybridized carbons (Fsp3) is 0.364. The minimum atomic E-state index is -0.686. The number of ether oxygens (including phenoxy) is 1. The molecule has 0 fully saturated rings. The lowest BCUT2D eigenvalue weighted by Gasteiger charge is -2.20. The number of carbonyl (C=O) groups is 2. The second-order valence-corrected chi connectivity index (χ2v) is 9.33. The van der Waals surface area contributed by atoms with E-state index < -0.39 is 11.9 Å². The maximum absolute atomic E-state index is 11.9. The first-order valence-electron chi connectivity index (χ1n) is 8.94. The van der Waals surface area contributed by atoms with Crippen molar-refractivity contribution >= 4 is 35.3 Å². The Bertz CT molecular complexity index is 774. The SMILES string of the molecule is COC(=O)C(CCC(Sc1ccccc1)Sc1ccc(C)cc1C)C(C)=O. The Morgan fingerprint density at radius 2 is 1.70 bits per heavy atom. The third kappa shape index (κ3) is 6.74. The lowest BCUT2D eigenvalue weighted by molar-refractivity contribution is -0.149. The average molecular weight is 403 g/mol. The summed E-state index contributed by atoms with van der Waals surface area (Å²) in [6.45, 7) is 5.66. The smallest absolute Gasteiger partial charge is 0.316 e. The van der Waals surface area contributed by atoms with Crippen molar-refractivity contribution in [2.45, 2.75) is 48.0 Å². The Morgan fingerprint density at radius 1 is 1.00 bits per heavy atom. The van der Waals surface area contributed by atoms with Crippen LogP contribution in [0.1, 0.15) is 30.9 Å². The van der Waals surface area contributed by atoms with Crippen LogP contribution in [0.5, 0.6) is 0 Å². The minimum Gasteiger partial charge on any atom is -0.468 e. The zero-order chi connectivity index (χ0) is 19.8. The number of thioether (sulfide) groups is 2. The van der Waals surface area contributed by atoms with E-state index in [1.807, 2.05) is 18.2 Å². The van der Waals surface area contributed by atoms with Crippen LogP contribution in [0, 0.1) is 19.8 Å². The second-order valence-electron chi connectivity index (χ2n) is 6.51. The summed E-state index contributed by atoms with van der Waals surface area (Å²) in [5, 5.41) is 0. The highest BCUT2D eigenvalue weighted by Gasteiger charge is 2.26. The average Bonchev–Trinajstić information content (AvgIpc) is 2.64. The van der Waals surface area contributed by atoms with Crippen LogP contribution in [0.15, 0.2) is 58.3 Å². The van der Waals surface area contributed by atoms with Gasteiger partial charge in [-0.25, -0.2) is 0 Å². The van der Waals surface area contributed by atoms with Gasteiger partial charge in [-0.15, -0.1) is 23.5 Å². The highest BCUT2D eigenvalue weighted by atomic mass is 32.2. The van der Waals surface area contributed by atoms with Crippen molar-refractivity contribution in [3.63, 3.8) is 0 Å². The molecule has 0 radical (unpaired) electrons. The Kier molecular flexibility index (Phi) is 8.45. The summed E-state index contributed by atoms with van der Waals surface area (Å²) in [5.74, 6) is -1.27. The van der Waals surface area contributed by atoms with E-state index in [9.17, 15) is 9.59 Å². The molecule has 0 bridgehead atoms. The zero-order valence-electron chi connectivity index (χ0n) is 16.2. The number of benzene rings is 2. The monoisotopic (exact) mass is 402 g/mol. The van der Waals surface area contributed by atoms with Crippen molar-refractivity contribution in [2.75, 3.05) is 7.11 Å².